The summed E-state index contributed by atoms with van der Waals surface area (Å²) in [7, 11) is 4.64. The second-order valence-electron chi connectivity index (χ2n) is 5.22. The summed E-state index contributed by atoms with van der Waals surface area (Å²) in [6.07, 6.45) is 0.683. The van der Waals surface area contributed by atoms with Crippen molar-refractivity contribution < 1.29 is 18.6 Å². The van der Waals surface area contributed by atoms with Gasteiger partial charge in [-0.25, -0.2) is 4.39 Å². The molecule has 124 valence electrons. The molecule has 0 saturated carbocycles. The van der Waals surface area contributed by atoms with E-state index < -0.39 is 0 Å². The average Bonchev–Trinajstić information content (AvgIpc) is 2.59. The highest BCUT2D eigenvalue weighted by atomic mass is 19.1. The average molecular weight is 319 g/mol. The molecule has 0 aliphatic rings. The highest BCUT2D eigenvalue weighted by molar-refractivity contribution is 5.43. The van der Waals surface area contributed by atoms with E-state index in [-0.39, 0.29) is 17.5 Å². The number of benzene rings is 2. The molecule has 1 unspecified atom stereocenters. The molecule has 0 heterocycles. The molecule has 0 aromatic heterocycles. The zero-order valence-corrected chi connectivity index (χ0v) is 13.6. The van der Waals surface area contributed by atoms with E-state index in [9.17, 15) is 4.39 Å². The van der Waals surface area contributed by atoms with Gasteiger partial charge < -0.3 is 19.9 Å². The van der Waals surface area contributed by atoms with Gasteiger partial charge >= 0.3 is 0 Å². The largest absolute Gasteiger partial charge is 0.494 e. The summed E-state index contributed by atoms with van der Waals surface area (Å²) in [6, 6.07) is 10.7. The summed E-state index contributed by atoms with van der Waals surface area (Å²) in [5, 5.41) is 0. The fraction of sp³-hybridized carbons (Fsp3) is 0.333. The van der Waals surface area contributed by atoms with Crippen molar-refractivity contribution in [3.63, 3.8) is 0 Å². The topological polar surface area (TPSA) is 53.7 Å². The molecule has 0 spiro atoms. The molecule has 0 aliphatic heterocycles. The Morgan fingerprint density at radius 2 is 1.57 bits per heavy atom. The van der Waals surface area contributed by atoms with Gasteiger partial charge in [-0.15, -0.1) is 0 Å². The molecular weight excluding hydrogens is 297 g/mol. The van der Waals surface area contributed by atoms with E-state index in [1.54, 1.807) is 20.3 Å². The van der Waals surface area contributed by atoms with E-state index in [4.69, 9.17) is 19.9 Å². The van der Waals surface area contributed by atoms with Crippen LogP contribution in [0.25, 0.3) is 0 Å². The third-order valence-corrected chi connectivity index (χ3v) is 3.86. The van der Waals surface area contributed by atoms with Crippen LogP contribution in [0.4, 0.5) is 4.39 Å². The third kappa shape index (κ3) is 3.93. The third-order valence-electron chi connectivity index (χ3n) is 3.86. The Bertz CT molecular complexity index is 661. The van der Waals surface area contributed by atoms with E-state index in [1.807, 2.05) is 24.3 Å². The maximum atomic E-state index is 13.9. The van der Waals surface area contributed by atoms with Gasteiger partial charge in [0.25, 0.3) is 0 Å². The van der Waals surface area contributed by atoms with E-state index in [2.05, 4.69) is 0 Å². The summed E-state index contributed by atoms with van der Waals surface area (Å²) in [4.78, 5) is 0. The molecule has 4 nitrogen and oxygen atoms in total. The number of methoxy groups -OCH3 is 3. The summed E-state index contributed by atoms with van der Waals surface area (Å²) in [5.41, 5.74) is 7.79. The first kappa shape index (κ1) is 17.1. The first-order chi connectivity index (χ1) is 11.1. The van der Waals surface area contributed by atoms with Gasteiger partial charge in [0.2, 0.25) is 0 Å². The van der Waals surface area contributed by atoms with Crippen LogP contribution in [-0.4, -0.2) is 27.9 Å². The van der Waals surface area contributed by atoms with E-state index in [0.717, 1.165) is 11.1 Å². The lowest BCUT2D eigenvalue weighted by molar-refractivity contribution is 0.354. The second kappa shape index (κ2) is 7.83. The number of hydrogen-bond donors (Lipinski definition) is 1. The fourth-order valence-corrected chi connectivity index (χ4v) is 2.57. The lowest BCUT2D eigenvalue weighted by atomic mass is 9.91. The normalized spacial score (nSPS) is 11.9. The zero-order valence-electron chi connectivity index (χ0n) is 13.6. The number of halogens is 1. The van der Waals surface area contributed by atoms with Crippen molar-refractivity contribution in [1.82, 2.24) is 0 Å². The molecule has 0 radical (unpaired) electrons. The molecule has 2 aromatic carbocycles. The van der Waals surface area contributed by atoms with Crippen molar-refractivity contribution in [3.8, 4) is 17.2 Å². The molecule has 0 bridgehead atoms. The van der Waals surface area contributed by atoms with Crippen molar-refractivity contribution >= 4 is 0 Å². The van der Waals surface area contributed by atoms with Gasteiger partial charge in [-0.1, -0.05) is 12.1 Å². The Hall–Kier alpha value is -2.27. The minimum absolute atomic E-state index is 0.00788. The van der Waals surface area contributed by atoms with E-state index in [1.165, 1.54) is 13.2 Å². The first-order valence-electron chi connectivity index (χ1n) is 7.37. The maximum Gasteiger partial charge on any atom is 0.165 e. The van der Waals surface area contributed by atoms with Gasteiger partial charge in [0, 0.05) is 5.92 Å². The number of rotatable bonds is 7. The van der Waals surface area contributed by atoms with E-state index >= 15 is 0 Å². The lowest BCUT2D eigenvalue weighted by Crippen LogP contribution is -2.15. The molecule has 1 atom stereocenters. The van der Waals surface area contributed by atoms with Crippen LogP contribution < -0.4 is 19.9 Å². The van der Waals surface area contributed by atoms with Gasteiger partial charge in [0.1, 0.15) is 0 Å². The van der Waals surface area contributed by atoms with Crippen LogP contribution >= 0.6 is 0 Å². The Morgan fingerprint density at radius 3 is 2.13 bits per heavy atom. The van der Waals surface area contributed by atoms with Crippen molar-refractivity contribution in [2.75, 3.05) is 27.9 Å². The number of hydrogen-bond acceptors (Lipinski definition) is 4. The molecule has 0 amide bonds. The van der Waals surface area contributed by atoms with Gasteiger partial charge in [-0.3, -0.25) is 0 Å². The molecule has 5 heteroatoms. The quantitative estimate of drug-likeness (QED) is 0.852. The Morgan fingerprint density at radius 1 is 0.913 bits per heavy atom. The van der Waals surface area contributed by atoms with Crippen LogP contribution in [0.3, 0.4) is 0 Å². The summed E-state index contributed by atoms with van der Waals surface area (Å²) >= 11 is 0. The highest BCUT2D eigenvalue weighted by Crippen LogP contribution is 2.30. The fourth-order valence-electron chi connectivity index (χ4n) is 2.57. The molecular formula is C18H22FNO3. The van der Waals surface area contributed by atoms with E-state index in [0.29, 0.717) is 24.5 Å². The number of ether oxygens (including phenoxy) is 3. The molecule has 2 N–H and O–H groups in total. The molecule has 2 rings (SSSR count). The molecule has 0 fully saturated rings. The van der Waals surface area contributed by atoms with Crippen molar-refractivity contribution in [2.45, 2.75) is 12.3 Å². The van der Waals surface area contributed by atoms with Crippen molar-refractivity contribution in [2.24, 2.45) is 5.73 Å². The van der Waals surface area contributed by atoms with Crippen LogP contribution in [0.2, 0.25) is 0 Å². The lowest BCUT2D eigenvalue weighted by Gasteiger charge is -2.17. The molecule has 2 aromatic rings. The first-order valence-corrected chi connectivity index (χ1v) is 7.37. The molecule has 23 heavy (non-hydrogen) atoms. The van der Waals surface area contributed by atoms with Crippen LogP contribution in [0.1, 0.15) is 17.0 Å². The molecule has 0 saturated heterocycles. The summed E-state index contributed by atoms with van der Waals surface area (Å²) in [6.45, 7) is 0.417. The second-order valence-corrected chi connectivity index (χ2v) is 5.22. The minimum Gasteiger partial charge on any atom is -0.494 e. The van der Waals surface area contributed by atoms with Gasteiger partial charge in [0.15, 0.2) is 23.1 Å². The summed E-state index contributed by atoms with van der Waals surface area (Å²) < 4.78 is 29.4. The maximum absolute atomic E-state index is 13.9. The predicted octanol–water partition coefficient (Wildman–Crippen LogP) is 3.14. The van der Waals surface area contributed by atoms with Gasteiger partial charge in [-0.05, 0) is 48.4 Å². The van der Waals surface area contributed by atoms with Gasteiger partial charge in [0.05, 0.1) is 21.3 Å². The standard InChI is InChI=1S/C18H22FNO3/c1-21-16-7-5-13(10-15(16)19)14(11-20)8-12-4-6-17(22-2)18(9-12)23-3/h4-7,9-10,14H,8,11,20H2,1-3H3. The Labute approximate surface area is 136 Å². The zero-order chi connectivity index (χ0) is 16.8. The summed E-state index contributed by atoms with van der Waals surface area (Å²) in [5.74, 6) is 1.21. The highest BCUT2D eigenvalue weighted by Gasteiger charge is 2.15. The Balaban J connectivity index is 2.24. The van der Waals surface area contributed by atoms with Crippen LogP contribution in [-0.2, 0) is 6.42 Å². The SMILES string of the molecule is COc1ccc(C(CN)Cc2ccc(OC)c(OC)c2)cc1F. The number of nitrogens with two attached hydrogens (primary N) is 1. The molecule has 0 aliphatic carbocycles. The van der Waals surface area contributed by atoms with Crippen LogP contribution in [0.5, 0.6) is 17.2 Å². The predicted molar refractivity (Wildman–Crippen MR) is 88.0 cm³/mol. The van der Waals surface area contributed by atoms with Crippen molar-refractivity contribution in [3.05, 3.63) is 53.3 Å². The minimum atomic E-state index is -0.379. The van der Waals surface area contributed by atoms with Crippen LogP contribution in [0, 0.1) is 5.82 Å². The van der Waals surface area contributed by atoms with Gasteiger partial charge in [-0.2, -0.15) is 0 Å². The van der Waals surface area contributed by atoms with Crippen molar-refractivity contribution in [1.29, 1.82) is 0 Å². The Kier molecular flexibility index (Phi) is 5.82. The monoisotopic (exact) mass is 319 g/mol. The van der Waals surface area contributed by atoms with Crippen LogP contribution in [0.15, 0.2) is 36.4 Å². The smallest absolute Gasteiger partial charge is 0.165 e.